The Balaban J connectivity index is 0.000000274. The molecule has 594 valence electrons. The molecule has 4 aliphatic rings. The summed E-state index contributed by atoms with van der Waals surface area (Å²) in [6.07, 6.45) is 0. The minimum Gasteiger partial charge on any atom is -1.00 e. The van der Waals surface area contributed by atoms with Crippen LogP contribution in [0, 0.1) is 0 Å². The van der Waals surface area contributed by atoms with Crippen molar-refractivity contribution in [2.75, 3.05) is 203 Å². The zero-order valence-corrected chi connectivity index (χ0v) is 78.5. The number of alkyl halides is 1. The predicted octanol–water partition coefficient (Wildman–Crippen LogP) is -4.33. The van der Waals surface area contributed by atoms with Gasteiger partial charge in [-0.05, 0) is 114 Å². The number of ether oxygens (including phenoxy) is 6. The minimum atomic E-state index is -0.181. The van der Waals surface area contributed by atoms with Gasteiger partial charge >= 0.3 is 154 Å². The molecule has 16 rings (SSSR count). The summed E-state index contributed by atoms with van der Waals surface area (Å²) in [5.74, 6) is -0.197. The third kappa shape index (κ3) is 30.5. The van der Waals surface area contributed by atoms with E-state index in [1.54, 1.807) is 0 Å². The summed E-state index contributed by atoms with van der Waals surface area (Å²) in [4.78, 5) is 53.2. The minimum absolute atomic E-state index is 0. The van der Waals surface area contributed by atoms with E-state index in [-0.39, 0.29) is 223 Å². The molecule has 0 radical (unpaired) electrons. The molecular formula is C86H106ClIK3N11O12. The number of nitrogens with zero attached hydrogens (tertiary/aromatic N) is 2. The molecule has 0 atom stereocenters. The van der Waals surface area contributed by atoms with Crippen LogP contribution in [0.5, 0.6) is 0 Å². The number of halogens is 2. The Hall–Kier alpha value is -3.03. The number of amides is 3. The Labute approximate surface area is 819 Å². The second-order valence-corrected chi connectivity index (χ2v) is 27.4. The van der Waals surface area contributed by atoms with Gasteiger partial charge in [0.2, 0.25) is 17.7 Å². The molecule has 0 aliphatic carbocycles. The summed E-state index contributed by atoms with van der Waals surface area (Å²) in [5.41, 5.74) is 3.34. The Morgan fingerprint density at radius 1 is 0.351 bits per heavy atom. The maximum atomic E-state index is 13.2. The molecule has 4 aliphatic heterocycles. The molecule has 4 fully saturated rings. The van der Waals surface area contributed by atoms with Crippen LogP contribution in [-0.4, -0.2) is 237 Å². The normalized spacial score (nSPS) is 16.2. The number of rotatable bonds is 12. The van der Waals surface area contributed by atoms with Gasteiger partial charge in [0.15, 0.2) is 0 Å². The maximum Gasteiger partial charge on any atom is 1.00 e. The average Bonchev–Trinajstić information content (AvgIpc) is 0.756. The van der Waals surface area contributed by atoms with Crippen LogP contribution in [0.1, 0.15) is 18.1 Å². The Morgan fingerprint density at radius 2 is 0.570 bits per heavy atom. The zero-order chi connectivity index (χ0) is 76.2. The third-order valence-corrected chi connectivity index (χ3v) is 20.0. The van der Waals surface area contributed by atoms with Crippen LogP contribution in [0.3, 0.4) is 0 Å². The smallest absolute Gasteiger partial charge is 1.00 e. The fraction of sp³-hybridized carbons (Fsp3) is 0.395. The third-order valence-electron chi connectivity index (χ3n) is 19.7. The molecule has 3 amide bonds. The van der Waals surface area contributed by atoms with Crippen molar-refractivity contribution in [2.45, 2.75) is 19.6 Å². The Kier molecular flexibility index (Phi) is 48.0. The fourth-order valence-electron chi connectivity index (χ4n) is 14.2. The monoisotopic (exact) mass is 1760 g/mol. The van der Waals surface area contributed by atoms with Crippen molar-refractivity contribution < 1.29 is 237 Å². The molecule has 0 aromatic heterocycles. The molecule has 4 heterocycles. The van der Waals surface area contributed by atoms with Crippen LogP contribution in [0.25, 0.3) is 97.0 Å². The van der Waals surface area contributed by atoms with E-state index in [0.29, 0.717) is 72.2 Å². The van der Waals surface area contributed by atoms with E-state index in [9.17, 15) is 14.4 Å². The molecule has 28 heteroatoms. The number of carbonyl (C=O) groups excluding carboxylic acids is 4. The van der Waals surface area contributed by atoms with Crippen LogP contribution < -0.4 is 231 Å². The molecule has 0 unspecified atom stereocenters. The van der Waals surface area contributed by atoms with Gasteiger partial charge in [-0.15, -0.1) is 11.6 Å². The van der Waals surface area contributed by atoms with Crippen molar-refractivity contribution in [3.05, 3.63) is 180 Å². The van der Waals surface area contributed by atoms with Crippen LogP contribution >= 0.6 is 11.6 Å². The largest absolute Gasteiger partial charge is 1.00 e. The van der Waals surface area contributed by atoms with Crippen LogP contribution in [0.4, 0.5) is 0 Å². The van der Waals surface area contributed by atoms with Gasteiger partial charge in [0.1, 0.15) is 5.88 Å². The molecule has 23 nitrogen and oxygen atoms in total. The van der Waals surface area contributed by atoms with Crippen molar-refractivity contribution >= 4 is 133 Å². The first-order valence-electron chi connectivity index (χ1n) is 38.5. The summed E-state index contributed by atoms with van der Waals surface area (Å²) >= 11 is 5.55. The summed E-state index contributed by atoms with van der Waals surface area (Å²) < 4.78 is 33.4. The van der Waals surface area contributed by atoms with Gasteiger partial charge in [-0.1, -0.05) is 164 Å². The summed E-state index contributed by atoms with van der Waals surface area (Å²) in [5, 5.41) is 59.3. The molecular weight excluding hydrogens is 1660 g/mol. The quantitative estimate of drug-likeness (QED) is 0.0107. The van der Waals surface area contributed by atoms with Gasteiger partial charge in [0, 0.05) is 124 Å². The molecule has 4 saturated heterocycles. The van der Waals surface area contributed by atoms with Gasteiger partial charge in [0.05, 0.1) is 92.4 Å². The van der Waals surface area contributed by atoms with E-state index in [2.05, 4.69) is 226 Å². The van der Waals surface area contributed by atoms with Crippen LogP contribution in [0.2, 0.25) is 0 Å². The number of carbonyl (C=O) groups is 4. The number of hydrogen-bond acceptors (Lipinski definition) is 20. The number of nitrogens with one attached hydrogen (secondary N) is 9. The molecule has 12 aromatic carbocycles. The second kappa shape index (κ2) is 55.8. The van der Waals surface area contributed by atoms with Gasteiger partial charge < -0.3 is 112 Å². The van der Waals surface area contributed by atoms with E-state index >= 15 is 0 Å². The van der Waals surface area contributed by atoms with Crippen LogP contribution in [0.15, 0.2) is 164 Å². The summed E-state index contributed by atoms with van der Waals surface area (Å²) in [6.45, 7) is 24.5. The van der Waals surface area contributed by atoms with Gasteiger partial charge in [-0.2, -0.15) is 0 Å². The van der Waals surface area contributed by atoms with Gasteiger partial charge in [0.25, 0.3) is 6.47 Å². The number of piperazine rings is 1. The predicted molar refractivity (Wildman–Crippen MR) is 440 cm³/mol. The molecule has 12 aromatic rings. The van der Waals surface area contributed by atoms with E-state index in [1.165, 1.54) is 97.0 Å². The van der Waals surface area contributed by atoms with Crippen LogP contribution in [-0.2, 0) is 72.1 Å². The Bertz CT molecular complexity index is 4440. The standard InChI is InChI=1S/C46H44N4O4.C19H14ClNO.2C8H18N2O2.C4H10N2.CH2O3.HI.3K.H/c51-41(47-27-37-13-11-35-9-7-31-3-1-5-33-15-17-39(37)45(35)43(31)33)29-49-19-23-53-25-21-50(22-26-54-24-20-49)30-42(52)48-28-38-14-12-36-10-8-32-4-2-6-34-16-18-40(38)46(36)44(32)34;20-10-17(22)21-11-15-7-6-14-5-4-12-2-1-3-13-8-9-16(15)19(14)18(12)13;2*1-5-11-7-3-10-4-8-12-6-2-9-1;1-2-6-4-3-5-1;2-1-4-3;;;;;/h1-18H,19-30H2,(H,47,51)(H,48,52);1-9H,10-11H2,(H,21,22);2*9-10H,1-8H2;5-6H,1-4H2;1,3H;1H;;;;/q;;;;;;;3*+1;-1/p-2. The van der Waals surface area contributed by atoms with Crippen molar-refractivity contribution in [1.29, 1.82) is 0 Å². The topological polar surface area (TPSA) is 271 Å². The summed E-state index contributed by atoms with van der Waals surface area (Å²) in [7, 11) is 0. The maximum absolute atomic E-state index is 13.2. The Morgan fingerprint density at radius 3 is 0.816 bits per heavy atom. The molecule has 0 spiro atoms. The molecule has 0 bridgehead atoms. The van der Waals surface area contributed by atoms with Crippen molar-refractivity contribution in [3.8, 4) is 0 Å². The van der Waals surface area contributed by atoms with E-state index < -0.39 is 0 Å². The summed E-state index contributed by atoms with van der Waals surface area (Å²) in [6, 6.07) is 58.0. The van der Waals surface area contributed by atoms with Crippen molar-refractivity contribution in [1.82, 2.24) is 57.7 Å². The van der Waals surface area contributed by atoms with Gasteiger partial charge in [-0.3, -0.25) is 29.0 Å². The average molecular weight is 1770 g/mol. The first-order chi connectivity index (χ1) is 54.3. The van der Waals surface area contributed by atoms with Crippen molar-refractivity contribution in [3.63, 3.8) is 0 Å². The van der Waals surface area contributed by atoms with E-state index in [0.717, 1.165) is 148 Å². The van der Waals surface area contributed by atoms with Crippen molar-refractivity contribution in [2.24, 2.45) is 0 Å². The first-order valence-corrected chi connectivity index (χ1v) is 39.0. The first kappa shape index (κ1) is 98.1. The zero-order valence-electron chi connectivity index (χ0n) is 67.3. The molecule has 9 N–H and O–H groups in total. The molecule has 0 saturated carbocycles. The fourth-order valence-corrected chi connectivity index (χ4v) is 14.3. The van der Waals surface area contributed by atoms with E-state index in [4.69, 9.17) is 50.1 Å². The SMILES string of the molecule is C1CNCCN1.C1COCCNCCOCCN1.C1COCCNCCOCCN1.O=C(CCl)NCc1ccc2ccc3cccc4ccc1c2c34.O=C(CN1CCOCCN(CC(=O)NCc2ccc3ccc4cccc5ccc2c3c45)CCOCC1)NCc1ccc2ccc3cccc4ccc1c2c34.O=CO[O-].[H-].[I-].[K+].[K+].[K+]. The number of hydrogen-bond donors (Lipinski definition) is 9. The van der Waals surface area contributed by atoms with E-state index in [1.807, 2.05) is 0 Å². The van der Waals surface area contributed by atoms with Gasteiger partial charge in [-0.25, -0.2) is 0 Å². The second-order valence-electron chi connectivity index (χ2n) is 27.1. The molecule has 114 heavy (non-hydrogen) atoms. The number of benzene rings is 12.